The molecule has 2 aromatic carbocycles. The van der Waals surface area contributed by atoms with Crippen molar-refractivity contribution in [1.29, 1.82) is 0 Å². The zero-order valence-electron chi connectivity index (χ0n) is 16.6. The number of nitrogens with one attached hydrogen (secondary N) is 1. The molecule has 0 radical (unpaired) electrons. The first-order chi connectivity index (χ1) is 13.2. The van der Waals surface area contributed by atoms with Gasteiger partial charge in [-0.1, -0.05) is 12.1 Å². The summed E-state index contributed by atoms with van der Waals surface area (Å²) in [6.45, 7) is 3.36. The maximum absolute atomic E-state index is 12.5. The number of carbonyl (C=O) groups is 1. The van der Waals surface area contributed by atoms with E-state index in [2.05, 4.69) is 0 Å². The summed E-state index contributed by atoms with van der Waals surface area (Å²) in [7, 11) is 1.60. The molecule has 28 heavy (non-hydrogen) atoms. The molecule has 2 aromatic rings. The van der Waals surface area contributed by atoms with Crippen LogP contribution in [0.15, 0.2) is 53.4 Å². The van der Waals surface area contributed by atoms with E-state index in [1.54, 1.807) is 35.2 Å². The number of ether oxygens (including phenoxy) is 1. The Hall–Kier alpha value is -2.58. The summed E-state index contributed by atoms with van der Waals surface area (Å²) >= 11 is 0. The summed E-state index contributed by atoms with van der Waals surface area (Å²) in [6, 6.07) is 12.7. The zero-order valence-corrected chi connectivity index (χ0v) is 17.5. The highest BCUT2D eigenvalue weighted by molar-refractivity contribution is 7.87. The molecule has 0 spiro atoms. The van der Waals surface area contributed by atoms with Crippen molar-refractivity contribution < 1.29 is 27.0 Å². The van der Waals surface area contributed by atoms with Crippen LogP contribution in [-0.2, 0) is 21.5 Å². The Kier molecular flexibility index (Phi) is 7.42. The summed E-state index contributed by atoms with van der Waals surface area (Å²) in [6.07, 6.45) is 0. The van der Waals surface area contributed by atoms with Crippen LogP contribution in [-0.4, -0.2) is 53.5 Å². The summed E-state index contributed by atoms with van der Waals surface area (Å²) in [5.74, 6) is 0.735. The molecule has 0 saturated carbocycles. The normalized spacial score (nSPS) is 11.3. The fraction of sp³-hybridized carbons (Fsp3) is 0.350. The minimum absolute atomic E-state index is 0.0292. The Morgan fingerprint density at radius 2 is 1.75 bits per heavy atom. The Balaban J connectivity index is 2.13. The highest BCUT2D eigenvalue weighted by atomic mass is 32.2. The number of hydrogen-bond acceptors (Lipinski definition) is 5. The molecular formula is C20H27N2O5S+. The lowest BCUT2D eigenvalue weighted by atomic mass is 10.2. The van der Waals surface area contributed by atoms with Gasteiger partial charge in [0.2, 0.25) is 5.91 Å². The molecule has 152 valence electrons. The number of methoxy groups -OCH3 is 1. The van der Waals surface area contributed by atoms with Crippen LogP contribution in [0.25, 0.3) is 0 Å². The van der Waals surface area contributed by atoms with Crippen LogP contribution in [0.3, 0.4) is 0 Å². The average Bonchev–Trinajstić information content (AvgIpc) is 2.64. The second-order valence-corrected chi connectivity index (χ2v) is 8.30. The van der Waals surface area contributed by atoms with Crippen LogP contribution >= 0.6 is 0 Å². The van der Waals surface area contributed by atoms with Gasteiger partial charge in [-0.25, -0.2) is 0 Å². The molecule has 0 aliphatic rings. The predicted octanol–water partition coefficient (Wildman–Crippen LogP) is 0.956. The molecule has 0 aliphatic carbocycles. The molecule has 0 unspecified atom stereocenters. The molecular weight excluding hydrogens is 380 g/mol. The number of benzene rings is 2. The van der Waals surface area contributed by atoms with Gasteiger partial charge in [0.1, 0.15) is 16.4 Å². The zero-order chi connectivity index (χ0) is 20.7. The van der Waals surface area contributed by atoms with E-state index in [1.165, 1.54) is 31.1 Å². The van der Waals surface area contributed by atoms with Gasteiger partial charge >= 0.3 is 10.1 Å². The standard InChI is InChI=1S/C20H26N2O5S/c1-16(23)22(13-12-21(2)3)15-17-6-5-7-19(14-17)27-28(24,25)20-10-8-18(26-4)9-11-20/h5-11,14H,12-13,15H2,1-4H3/p+1. The number of nitrogens with zero attached hydrogens (tertiary/aromatic N) is 1. The number of hydrogen-bond donors (Lipinski definition) is 1. The smallest absolute Gasteiger partial charge is 0.339 e. The Morgan fingerprint density at radius 1 is 1.07 bits per heavy atom. The largest absolute Gasteiger partial charge is 0.497 e. The van der Waals surface area contributed by atoms with Crippen LogP contribution in [0.5, 0.6) is 11.5 Å². The van der Waals surface area contributed by atoms with Crippen LogP contribution in [0.4, 0.5) is 0 Å². The molecule has 2 rings (SSSR count). The van der Waals surface area contributed by atoms with Crippen LogP contribution in [0.1, 0.15) is 12.5 Å². The van der Waals surface area contributed by atoms with E-state index in [1.807, 2.05) is 20.2 Å². The van der Waals surface area contributed by atoms with Gasteiger partial charge in [-0.3, -0.25) is 4.79 Å². The van der Waals surface area contributed by atoms with E-state index in [-0.39, 0.29) is 16.6 Å². The van der Waals surface area contributed by atoms with Crippen molar-refractivity contribution in [3.63, 3.8) is 0 Å². The molecule has 0 bridgehead atoms. The van der Waals surface area contributed by atoms with Crippen molar-refractivity contribution in [1.82, 2.24) is 4.90 Å². The number of rotatable bonds is 9. The highest BCUT2D eigenvalue weighted by Gasteiger charge is 2.17. The molecule has 0 saturated heterocycles. The quantitative estimate of drug-likeness (QED) is 0.627. The van der Waals surface area contributed by atoms with E-state index in [9.17, 15) is 13.2 Å². The second kappa shape index (κ2) is 9.57. The minimum Gasteiger partial charge on any atom is -0.497 e. The van der Waals surface area contributed by atoms with Gasteiger partial charge in [-0.05, 0) is 42.0 Å². The maximum atomic E-state index is 12.5. The molecule has 1 N–H and O–H groups in total. The van der Waals surface area contributed by atoms with E-state index in [4.69, 9.17) is 8.92 Å². The van der Waals surface area contributed by atoms with Crippen molar-refractivity contribution >= 4 is 16.0 Å². The molecule has 0 fully saturated rings. The van der Waals surface area contributed by atoms with E-state index in [0.717, 1.165) is 12.1 Å². The minimum atomic E-state index is -3.96. The Morgan fingerprint density at radius 3 is 2.32 bits per heavy atom. The average molecular weight is 408 g/mol. The van der Waals surface area contributed by atoms with Crippen molar-refractivity contribution in [2.45, 2.75) is 18.4 Å². The molecule has 7 nitrogen and oxygen atoms in total. The van der Waals surface area contributed by atoms with Gasteiger partial charge in [-0.15, -0.1) is 0 Å². The van der Waals surface area contributed by atoms with Crippen molar-refractivity contribution in [2.24, 2.45) is 0 Å². The SMILES string of the molecule is COc1ccc(S(=O)(=O)Oc2cccc(CN(CC[NH+](C)C)C(C)=O)c2)cc1. The molecule has 0 aliphatic heterocycles. The maximum Gasteiger partial charge on any atom is 0.339 e. The first kappa shape index (κ1) is 21.7. The predicted molar refractivity (Wildman–Crippen MR) is 106 cm³/mol. The number of quaternary nitrogens is 1. The lowest BCUT2D eigenvalue weighted by molar-refractivity contribution is -0.857. The lowest BCUT2D eigenvalue weighted by Gasteiger charge is -2.22. The fourth-order valence-electron chi connectivity index (χ4n) is 2.54. The first-order valence-corrected chi connectivity index (χ1v) is 10.3. The third-order valence-electron chi connectivity index (χ3n) is 4.15. The van der Waals surface area contributed by atoms with Crippen LogP contribution in [0.2, 0.25) is 0 Å². The topological polar surface area (TPSA) is 77.4 Å². The molecule has 1 amide bonds. The number of amides is 1. The monoisotopic (exact) mass is 407 g/mol. The molecule has 8 heteroatoms. The van der Waals surface area contributed by atoms with Gasteiger partial charge in [0.05, 0.1) is 34.3 Å². The van der Waals surface area contributed by atoms with Gasteiger partial charge in [-0.2, -0.15) is 8.42 Å². The van der Waals surface area contributed by atoms with Crippen LogP contribution in [0, 0.1) is 0 Å². The van der Waals surface area contributed by atoms with Crippen molar-refractivity contribution in [2.75, 3.05) is 34.3 Å². The first-order valence-electron chi connectivity index (χ1n) is 8.93. The van der Waals surface area contributed by atoms with Gasteiger partial charge in [0, 0.05) is 13.5 Å². The summed E-state index contributed by atoms with van der Waals surface area (Å²) in [5, 5.41) is 0. The second-order valence-electron chi connectivity index (χ2n) is 6.76. The van der Waals surface area contributed by atoms with Crippen LogP contribution < -0.4 is 13.8 Å². The fourth-order valence-corrected chi connectivity index (χ4v) is 3.46. The van der Waals surface area contributed by atoms with Crippen molar-refractivity contribution in [3.8, 4) is 11.5 Å². The van der Waals surface area contributed by atoms with E-state index < -0.39 is 10.1 Å². The molecule has 0 aromatic heterocycles. The Bertz CT molecular complexity index is 895. The highest BCUT2D eigenvalue weighted by Crippen LogP contribution is 2.22. The number of likely N-dealkylation sites (N-methyl/N-ethyl adjacent to an activating group) is 1. The third kappa shape index (κ3) is 6.24. The van der Waals surface area contributed by atoms with Gasteiger partial charge < -0.3 is 18.7 Å². The van der Waals surface area contributed by atoms with Gasteiger partial charge in [0.25, 0.3) is 0 Å². The van der Waals surface area contributed by atoms with Crippen molar-refractivity contribution in [3.05, 3.63) is 54.1 Å². The number of carbonyl (C=O) groups excluding carboxylic acids is 1. The van der Waals surface area contributed by atoms with E-state index in [0.29, 0.717) is 18.8 Å². The van der Waals surface area contributed by atoms with E-state index >= 15 is 0 Å². The van der Waals surface area contributed by atoms with Gasteiger partial charge in [0.15, 0.2) is 0 Å². The summed E-state index contributed by atoms with van der Waals surface area (Å²) < 4.78 is 35.3. The third-order valence-corrected chi connectivity index (χ3v) is 5.41. The summed E-state index contributed by atoms with van der Waals surface area (Å²) in [5.41, 5.74) is 0.798. The Labute approximate surface area is 166 Å². The molecule has 0 heterocycles. The lowest BCUT2D eigenvalue weighted by Crippen LogP contribution is -3.06. The molecule has 0 atom stereocenters. The summed E-state index contributed by atoms with van der Waals surface area (Å²) in [4.78, 5) is 14.9.